The van der Waals surface area contributed by atoms with Crippen LogP contribution in [0.1, 0.15) is 6.42 Å². The van der Waals surface area contributed by atoms with E-state index < -0.39 is 6.10 Å². The summed E-state index contributed by atoms with van der Waals surface area (Å²) in [6, 6.07) is -0.189. The van der Waals surface area contributed by atoms with Crippen molar-refractivity contribution < 1.29 is 9.90 Å². The minimum atomic E-state index is -0.549. The van der Waals surface area contributed by atoms with Crippen molar-refractivity contribution in [1.29, 1.82) is 0 Å². The molecule has 0 bridgehead atoms. The number of primary amides is 1. The van der Waals surface area contributed by atoms with Gasteiger partial charge in [-0.2, -0.15) is 0 Å². The molecule has 0 aliphatic carbocycles. The molecule has 0 aromatic carbocycles. The highest BCUT2D eigenvalue weighted by atomic mass is 16.3. The highest BCUT2D eigenvalue weighted by Crippen LogP contribution is 2.16. The number of likely N-dealkylation sites (tertiary alicyclic amines) is 1. The molecule has 0 aromatic rings. The predicted octanol–water partition coefficient (Wildman–Crippen LogP) is -2.13. The van der Waals surface area contributed by atoms with Crippen LogP contribution in [0.2, 0.25) is 0 Å². The van der Waals surface area contributed by atoms with E-state index in [9.17, 15) is 9.90 Å². The molecule has 1 fully saturated rings. The van der Waals surface area contributed by atoms with Crippen molar-refractivity contribution in [2.45, 2.75) is 18.6 Å². The fraction of sp³-hybridized carbons (Fsp3) is 0.857. The van der Waals surface area contributed by atoms with Crippen LogP contribution in [0.5, 0.6) is 0 Å². The summed E-state index contributed by atoms with van der Waals surface area (Å²) in [6.07, 6.45) is 0.249. The topological polar surface area (TPSA) is 92.6 Å². The van der Waals surface area contributed by atoms with Gasteiger partial charge in [0.1, 0.15) is 0 Å². The zero-order chi connectivity index (χ0) is 9.14. The Morgan fingerprint density at radius 2 is 2.42 bits per heavy atom. The van der Waals surface area contributed by atoms with Crippen LogP contribution >= 0.6 is 0 Å². The zero-order valence-corrected chi connectivity index (χ0v) is 6.94. The van der Waals surface area contributed by atoms with Crippen LogP contribution in [0.25, 0.3) is 0 Å². The van der Waals surface area contributed by atoms with E-state index in [4.69, 9.17) is 11.5 Å². The molecule has 1 amide bonds. The molecular weight excluding hydrogens is 158 g/mol. The molecule has 70 valence electrons. The summed E-state index contributed by atoms with van der Waals surface area (Å²) in [5.41, 5.74) is 10.3. The number of hydrogen-bond acceptors (Lipinski definition) is 4. The van der Waals surface area contributed by atoms with E-state index in [0.29, 0.717) is 6.54 Å². The van der Waals surface area contributed by atoms with Crippen molar-refractivity contribution in [2.24, 2.45) is 11.5 Å². The molecule has 0 aromatic heterocycles. The Kier molecular flexibility index (Phi) is 3.02. The van der Waals surface area contributed by atoms with Gasteiger partial charge in [0.2, 0.25) is 5.91 Å². The number of amides is 1. The largest absolute Gasteiger partial charge is 0.390 e. The Morgan fingerprint density at radius 1 is 1.75 bits per heavy atom. The second-order valence-electron chi connectivity index (χ2n) is 3.09. The third-order valence-electron chi connectivity index (χ3n) is 2.18. The van der Waals surface area contributed by atoms with Crippen molar-refractivity contribution in [3.8, 4) is 0 Å². The molecule has 1 saturated heterocycles. The molecule has 2 unspecified atom stereocenters. The molecule has 1 aliphatic heterocycles. The molecule has 5 nitrogen and oxygen atoms in total. The summed E-state index contributed by atoms with van der Waals surface area (Å²) in [5, 5.41) is 9.17. The SMILES string of the molecule is NCC(O)CN1CCC1C(N)=O. The van der Waals surface area contributed by atoms with Gasteiger partial charge in [-0.3, -0.25) is 9.69 Å². The van der Waals surface area contributed by atoms with E-state index in [2.05, 4.69) is 0 Å². The summed E-state index contributed by atoms with van der Waals surface area (Å²) < 4.78 is 0. The first-order valence-electron chi connectivity index (χ1n) is 4.06. The Morgan fingerprint density at radius 3 is 2.75 bits per heavy atom. The number of aliphatic hydroxyl groups excluding tert-OH is 1. The Hall–Kier alpha value is -0.650. The lowest BCUT2D eigenvalue weighted by atomic mass is 10.0. The second kappa shape index (κ2) is 3.84. The number of nitrogens with two attached hydrogens (primary N) is 2. The predicted molar refractivity (Wildman–Crippen MR) is 44.2 cm³/mol. The minimum Gasteiger partial charge on any atom is -0.390 e. The monoisotopic (exact) mass is 173 g/mol. The molecule has 2 atom stereocenters. The number of carbonyl (C=O) groups is 1. The van der Waals surface area contributed by atoms with Crippen molar-refractivity contribution in [3.63, 3.8) is 0 Å². The molecule has 0 radical (unpaired) electrons. The number of hydrogen-bond donors (Lipinski definition) is 3. The highest BCUT2D eigenvalue weighted by Gasteiger charge is 2.33. The number of nitrogens with zero attached hydrogens (tertiary/aromatic N) is 1. The Bertz CT molecular complexity index is 174. The fourth-order valence-corrected chi connectivity index (χ4v) is 1.33. The quantitative estimate of drug-likeness (QED) is 0.452. The first-order valence-corrected chi connectivity index (χ1v) is 4.06. The molecule has 5 N–H and O–H groups in total. The van der Waals surface area contributed by atoms with Gasteiger partial charge in [0.25, 0.3) is 0 Å². The van der Waals surface area contributed by atoms with Crippen LogP contribution in [-0.4, -0.2) is 47.7 Å². The first-order chi connectivity index (χ1) is 5.65. The highest BCUT2D eigenvalue weighted by molar-refractivity contribution is 5.80. The molecular formula is C7H15N3O2. The van der Waals surface area contributed by atoms with Crippen molar-refractivity contribution in [1.82, 2.24) is 4.90 Å². The van der Waals surface area contributed by atoms with Gasteiger partial charge in [-0.25, -0.2) is 0 Å². The van der Waals surface area contributed by atoms with Gasteiger partial charge in [-0.1, -0.05) is 0 Å². The van der Waals surface area contributed by atoms with Crippen LogP contribution in [0.3, 0.4) is 0 Å². The normalized spacial score (nSPS) is 26.3. The molecule has 1 rings (SSSR count). The minimum absolute atomic E-state index is 0.189. The lowest BCUT2D eigenvalue weighted by molar-refractivity contribution is -0.128. The van der Waals surface area contributed by atoms with Crippen molar-refractivity contribution in [2.75, 3.05) is 19.6 Å². The summed E-state index contributed by atoms with van der Waals surface area (Å²) in [5.74, 6) is -0.314. The lowest BCUT2D eigenvalue weighted by Crippen LogP contribution is -2.57. The summed E-state index contributed by atoms with van der Waals surface area (Å²) in [6.45, 7) is 1.50. The second-order valence-corrected chi connectivity index (χ2v) is 3.09. The third-order valence-corrected chi connectivity index (χ3v) is 2.18. The van der Waals surface area contributed by atoms with E-state index in [0.717, 1.165) is 13.0 Å². The molecule has 1 heterocycles. The van der Waals surface area contributed by atoms with E-state index in [-0.39, 0.29) is 18.5 Å². The van der Waals surface area contributed by atoms with Gasteiger partial charge < -0.3 is 16.6 Å². The smallest absolute Gasteiger partial charge is 0.234 e. The first kappa shape index (κ1) is 9.44. The standard InChI is InChI=1S/C7H15N3O2/c8-3-5(11)4-10-2-1-6(10)7(9)12/h5-6,11H,1-4,8H2,(H2,9,12). The molecule has 12 heavy (non-hydrogen) atoms. The molecule has 0 spiro atoms. The average Bonchev–Trinajstić information content (AvgIpc) is 1.96. The van der Waals surface area contributed by atoms with E-state index in [1.807, 2.05) is 4.90 Å². The Balaban J connectivity index is 2.29. The van der Waals surface area contributed by atoms with E-state index in [1.165, 1.54) is 0 Å². The van der Waals surface area contributed by atoms with Crippen LogP contribution in [-0.2, 0) is 4.79 Å². The van der Waals surface area contributed by atoms with Gasteiger partial charge in [0, 0.05) is 19.6 Å². The van der Waals surface area contributed by atoms with Crippen LogP contribution in [0, 0.1) is 0 Å². The lowest BCUT2D eigenvalue weighted by Gasteiger charge is -2.39. The number of carbonyl (C=O) groups excluding carboxylic acids is 1. The van der Waals surface area contributed by atoms with Crippen LogP contribution in [0.4, 0.5) is 0 Å². The molecule has 5 heteroatoms. The van der Waals surface area contributed by atoms with E-state index >= 15 is 0 Å². The maximum Gasteiger partial charge on any atom is 0.234 e. The summed E-state index contributed by atoms with van der Waals surface area (Å²) in [4.78, 5) is 12.6. The third kappa shape index (κ3) is 1.94. The van der Waals surface area contributed by atoms with Crippen molar-refractivity contribution in [3.05, 3.63) is 0 Å². The van der Waals surface area contributed by atoms with Crippen LogP contribution in [0.15, 0.2) is 0 Å². The van der Waals surface area contributed by atoms with Gasteiger partial charge in [-0.05, 0) is 6.42 Å². The average molecular weight is 173 g/mol. The summed E-state index contributed by atoms with van der Waals surface area (Å²) in [7, 11) is 0. The maximum absolute atomic E-state index is 10.7. The molecule has 0 saturated carbocycles. The number of β-amino-alcohol motifs (C(OH)–C–C–N with tert-alkyl or cyclic N) is 1. The fourth-order valence-electron chi connectivity index (χ4n) is 1.33. The van der Waals surface area contributed by atoms with E-state index in [1.54, 1.807) is 0 Å². The number of rotatable bonds is 4. The Labute approximate surface area is 71.3 Å². The van der Waals surface area contributed by atoms with Gasteiger partial charge in [-0.15, -0.1) is 0 Å². The van der Waals surface area contributed by atoms with Gasteiger partial charge >= 0.3 is 0 Å². The van der Waals surface area contributed by atoms with Crippen LogP contribution < -0.4 is 11.5 Å². The van der Waals surface area contributed by atoms with Gasteiger partial charge in [0.15, 0.2) is 0 Å². The van der Waals surface area contributed by atoms with Gasteiger partial charge in [0.05, 0.1) is 12.1 Å². The zero-order valence-electron chi connectivity index (χ0n) is 6.94. The summed E-state index contributed by atoms with van der Waals surface area (Å²) >= 11 is 0. The maximum atomic E-state index is 10.7. The number of aliphatic hydroxyl groups is 1. The van der Waals surface area contributed by atoms with Crippen molar-refractivity contribution >= 4 is 5.91 Å². The molecule has 1 aliphatic rings.